The van der Waals surface area contributed by atoms with Crippen LogP contribution < -0.4 is 5.32 Å². The van der Waals surface area contributed by atoms with Crippen LogP contribution in [0.2, 0.25) is 0 Å². The molecule has 1 aliphatic rings. The molecule has 0 radical (unpaired) electrons. The number of hydrogen-bond acceptors (Lipinski definition) is 2. The summed E-state index contributed by atoms with van der Waals surface area (Å²) in [5, 5.41) is 2.23. The first-order chi connectivity index (χ1) is 5.33. The Labute approximate surface area is 66.4 Å². The van der Waals surface area contributed by atoms with Crippen LogP contribution in [0.5, 0.6) is 0 Å². The molecule has 0 aromatic carbocycles. The Hall–Kier alpha value is -0.830. The van der Waals surface area contributed by atoms with Gasteiger partial charge in [0.2, 0.25) is 0 Å². The largest absolute Gasteiger partial charge is 0.459 e. The average Bonchev–Trinajstić information content (AvgIpc) is 2.06. The van der Waals surface area contributed by atoms with Gasteiger partial charge >= 0.3 is 5.97 Å². The molecule has 62 valence electrons. The average molecular weight is 156 g/mol. The molecule has 0 spiro atoms. The number of nitrogens with two attached hydrogens (primary N) is 1. The predicted octanol–water partition coefficient (Wildman–Crippen LogP) is -0.559. The summed E-state index contributed by atoms with van der Waals surface area (Å²) >= 11 is 0. The molecule has 3 heteroatoms. The summed E-state index contributed by atoms with van der Waals surface area (Å²) in [6, 6.07) is 0. The van der Waals surface area contributed by atoms with Gasteiger partial charge in [0, 0.05) is 18.9 Å². The van der Waals surface area contributed by atoms with Crippen molar-refractivity contribution in [1.29, 1.82) is 0 Å². The van der Waals surface area contributed by atoms with Gasteiger partial charge in [-0.3, -0.25) is 0 Å². The third-order valence-corrected chi connectivity index (χ3v) is 1.84. The van der Waals surface area contributed by atoms with E-state index >= 15 is 0 Å². The first kappa shape index (κ1) is 8.27. The molecule has 11 heavy (non-hydrogen) atoms. The number of rotatable bonds is 2. The van der Waals surface area contributed by atoms with Crippen molar-refractivity contribution in [2.45, 2.75) is 18.9 Å². The van der Waals surface area contributed by atoms with Crippen molar-refractivity contribution in [3.05, 3.63) is 12.7 Å². The lowest BCUT2D eigenvalue weighted by Crippen LogP contribution is -2.86. The Balaban J connectivity index is 2.24. The minimum atomic E-state index is -0.295. The Bertz CT molecular complexity index is 150. The van der Waals surface area contributed by atoms with Crippen LogP contribution in [-0.4, -0.2) is 25.2 Å². The highest BCUT2D eigenvalue weighted by Crippen LogP contribution is 2.04. The van der Waals surface area contributed by atoms with Crippen molar-refractivity contribution in [3.8, 4) is 0 Å². The van der Waals surface area contributed by atoms with Crippen molar-refractivity contribution >= 4 is 5.97 Å². The summed E-state index contributed by atoms with van der Waals surface area (Å²) in [6.45, 7) is 5.47. The summed E-state index contributed by atoms with van der Waals surface area (Å²) < 4.78 is 5.06. The molecule has 1 saturated heterocycles. The minimum Gasteiger partial charge on any atom is -0.459 e. The summed E-state index contributed by atoms with van der Waals surface area (Å²) in [6.07, 6.45) is 3.29. The fourth-order valence-corrected chi connectivity index (χ4v) is 1.23. The number of carbonyl (C=O) groups excluding carboxylic acids is 1. The van der Waals surface area contributed by atoms with Crippen LogP contribution >= 0.6 is 0 Å². The molecule has 1 heterocycles. The van der Waals surface area contributed by atoms with Crippen molar-refractivity contribution in [1.82, 2.24) is 0 Å². The molecule has 0 aromatic rings. The van der Waals surface area contributed by atoms with Crippen LogP contribution in [0, 0.1) is 0 Å². The quantitative estimate of drug-likeness (QED) is 0.430. The Morgan fingerprint density at radius 2 is 2.18 bits per heavy atom. The van der Waals surface area contributed by atoms with Gasteiger partial charge in [-0.15, -0.1) is 0 Å². The topological polar surface area (TPSA) is 42.9 Å². The van der Waals surface area contributed by atoms with E-state index in [0.29, 0.717) is 0 Å². The van der Waals surface area contributed by atoms with Gasteiger partial charge in [0.1, 0.15) is 6.10 Å². The number of piperidine rings is 1. The van der Waals surface area contributed by atoms with Gasteiger partial charge in [0.15, 0.2) is 0 Å². The lowest BCUT2D eigenvalue weighted by molar-refractivity contribution is -0.664. The fourth-order valence-electron chi connectivity index (χ4n) is 1.23. The van der Waals surface area contributed by atoms with Crippen molar-refractivity contribution in [2.24, 2.45) is 0 Å². The van der Waals surface area contributed by atoms with Gasteiger partial charge in [0.25, 0.3) is 0 Å². The lowest BCUT2D eigenvalue weighted by atomic mass is 10.1. The van der Waals surface area contributed by atoms with Crippen LogP contribution in [0.4, 0.5) is 0 Å². The molecule has 2 N–H and O–H groups in total. The van der Waals surface area contributed by atoms with Gasteiger partial charge in [0.05, 0.1) is 13.1 Å². The number of quaternary nitrogens is 1. The van der Waals surface area contributed by atoms with Crippen molar-refractivity contribution < 1.29 is 14.8 Å². The van der Waals surface area contributed by atoms with E-state index in [1.165, 1.54) is 6.08 Å². The van der Waals surface area contributed by atoms with Crippen LogP contribution in [-0.2, 0) is 9.53 Å². The third kappa shape index (κ3) is 2.72. The first-order valence-electron chi connectivity index (χ1n) is 3.97. The molecule has 0 aromatic heterocycles. The molecule has 0 unspecified atom stereocenters. The number of ether oxygens (including phenoxy) is 1. The molecule has 3 nitrogen and oxygen atoms in total. The van der Waals surface area contributed by atoms with Crippen LogP contribution in [0.25, 0.3) is 0 Å². The smallest absolute Gasteiger partial charge is 0.330 e. The zero-order valence-electron chi connectivity index (χ0n) is 6.58. The maximum Gasteiger partial charge on any atom is 0.330 e. The van der Waals surface area contributed by atoms with Crippen LogP contribution in [0.3, 0.4) is 0 Å². The summed E-state index contributed by atoms with van der Waals surface area (Å²) in [5.74, 6) is -0.295. The predicted molar refractivity (Wildman–Crippen MR) is 41.0 cm³/mol. The van der Waals surface area contributed by atoms with E-state index in [9.17, 15) is 4.79 Å². The van der Waals surface area contributed by atoms with Gasteiger partial charge in [-0.1, -0.05) is 6.58 Å². The van der Waals surface area contributed by atoms with E-state index in [1.54, 1.807) is 0 Å². The second-order valence-corrected chi connectivity index (χ2v) is 2.71. The maximum atomic E-state index is 10.7. The molecular formula is C8H14NO2+. The van der Waals surface area contributed by atoms with Crippen LogP contribution in [0.15, 0.2) is 12.7 Å². The Kier molecular flexibility index (Phi) is 3.11. The number of esters is 1. The van der Waals surface area contributed by atoms with Gasteiger partial charge in [-0.05, 0) is 0 Å². The monoisotopic (exact) mass is 156 g/mol. The second-order valence-electron chi connectivity index (χ2n) is 2.71. The summed E-state index contributed by atoms with van der Waals surface area (Å²) in [7, 11) is 0. The zero-order chi connectivity index (χ0) is 8.10. The van der Waals surface area contributed by atoms with E-state index < -0.39 is 0 Å². The molecule has 0 atom stereocenters. The molecule has 0 bridgehead atoms. The lowest BCUT2D eigenvalue weighted by Gasteiger charge is -2.19. The van der Waals surface area contributed by atoms with E-state index in [-0.39, 0.29) is 12.1 Å². The molecule has 1 rings (SSSR count). The third-order valence-electron chi connectivity index (χ3n) is 1.84. The molecule has 0 amide bonds. The van der Waals surface area contributed by atoms with Gasteiger partial charge in [-0.25, -0.2) is 4.79 Å². The highest BCUT2D eigenvalue weighted by atomic mass is 16.5. The normalized spacial score (nSPS) is 19.3. The van der Waals surface area contributed by atoms with Gasteiger partial charge in [-0.2, -0.15) is 0 Å². The zero-order valence-corrected chi connectivity index (χ0v) is 6.58. The van der Waals surface area contributed by atoms with Gasteiger partial charge < -0.3 is 10.1 Å². The SMILES string of the molecule is C=CC(=O)OC1CC[NH2+]CC1. The van der Waals surface area contributed by atoms with Crippen molar-refractivity contribution in [2.75, 3.05) is 13.1 Å². The Morgan fingerprint density at radius 1 is 1.55 bits per heavy atom. The standard InChI is InChI=1S/C8H13NO2/c1-2-8(10)11-7-3-5-9-6-4-7/h2,7,9H,1,3-6H2/p+1. The highest BCUT2D eigenvalue weighted by Gasteiger charge is 2.17. The Morgan fingerprint density at radius 3 is 2.73 bits per heavy atom. The van der Waals surface area contributed by atoms with E-state index in [2.05, 4.69) is 11.9 Å². The van der Waals surface area contributed by atoms with E-state index in [1.807, 2.05) is 0 Å². The maximum absolute atomic E-state index is 10.7. The first-order valence-corrected chi connectivity index (χ1v) is 3.97. The fraction of sp³-hybridized carbons (Fsp3) is 0.625. The summed E-state index contributed by atoms with van der Waals surface area (Å²) in [5.41, 5.74) is 0. The van der Waals surface area contributed by atoms with E-state index in [4.69, 9.17) is 4.74 Å². The summed E-state index contributed by atoms with van der Waals surface area (Å²) in [4.78, 5) is 10.7. The minimum absolute atomic E-state index is 0.130. The van der Waals surface area contributed by atoms with Crippen molar-refractivity contribution in [3.63, 3.8) is 0 Å². The molecule has 0 aliphatic carbocycles. The second kappa shape index (κ2) is 4.13. The molecular weight excluding hydrogens is 142 g/mol. The molecule has 0 saturated carbocycles. The highest BCUT2D eigenvalue weighted by molar-refractivity contribution is 5.81. The molecule has 1 aliphatic heterocycles. The van der Waals surface area contributed by atoms with E-state index in [0.717, 1.165) is 25.9 Å². The number of carbonyl (C=O) groups is 1. The van der Waals surface area contributed by atoms with Crippen LogP contribution in [0.1, 0.15) is 12.8 Å². The number of hydrogen-bond donors (Lipinski definition) is 1. The molecule has 1 fully saturated rings.